The summed E-state index contributed by atoms with van der Waals surface area (Å²) in [6, 6.07) is 2.63. The molecule has 0 saturated heterocycles. The number of benzene rings is 1. The third kappa shape index (κ3) is 4.11. The van der Waals surface area contributed by atoms with E-state index in [1.54, 1.807) is 0 Å². The molecule has 0 aliphatic rings. The van der Waals surface area contributed by atoms with Crippen molar-refractivity contribution in [1.82, 2.24) is 5.32 Å². The van der Waals surface area contributed by atoms with Crippen LogP contribution in [-0.4, -0.2) is 20.4 Å². The van der Waals surface area contributed by atoms with Crippen molar-refractivity contribution in [2.24, 2.45) is 5.92 Å². The molecular weight excluding hydrogens is 321 g/mol. The lowest BCUT2D eigenvalue weighted by atomic mass is 10.1. The normalized spacial score (nSPS) is 13.3. The van der Waals surface area contributed by atoms with E-state index in [0.717, 1.165) is 0 Å². The van der Waals surface area contributed by atoms with Gasteiger partial charge in [-0.15, -0.1) is 0 Å². The second-order valence-electron chi connectivity index (χ2n) is 5.03. The van der Waals surface area contributed by atoms with Crippen LogP contribution in [0.4, 0.5) is 0 Å². The number of hydrogen-bond donors (Lipinski definition) is 1. The van der Waals surface area contributed by atoms with E-state index in [9.17, 15) is 13.2 Å². The second kappa shape index (κ2) is 6.33. The maximum atomic E-state index is 12.1. The minimum absolute atomic E-state index is 0.0429. The first kappa shape index (κ1) is 17.3. The van der Waals surface area contributed by atoms with Gasteiger partial charge in [-0.25, -0.2) is 8.42 Å². The van der Waals surface area contributed by atoms with Crippen molar-refractivity contribution in [1.29, 1.82) is 0 Å². The lowest BCUT2D eigenvalue weighted by Crippen LogP contribution is -2.36. The molecule has 1 rings (SSSR count). The maximum absolute atomic E-state index is 12.1. The number of amides is 1. The minimum Gasteiger partial charge on any atom is -0.349 e. The molecule has 4 nitrogen and oxygen atoms in total. The Hall–Kier alpha value is -0.780. The highest BCUT2D eigenvalue weighted by Crippen LogP contribution is 2.27. The zero-order valence-electron chi connectivity index (χ0n) is 11.7. The number of nitrogens with one attached hydrogen (secondary N) is 1. The van der Waals surface area contributed by atoms with Crippen molar-refractivity contribution in [2.45, 2.75) is 38.6 Å². The average Bonchev–Trinajstić information content (AvgIpc) is 2.30. The predicted molar refractivity (Wildman–Crippen MR) is 81.0 cm³/mol. The van der Waals surface area contributed by atoms with Gasteiger partial charge in [0.1, 0.15) is 0 Å². The lowest BCUT2D eigenvalue weighted by Gasteiger charge is -2.18. The van der Waals surface area contributed by atoms with Crippen molar-refractivity contribution >= 4 is 37.2 Å². The summed E-state index contributed by atoms with van der Waals surface area (Å²) in [4.78, 5) is 12.0. The molecule has 1 atom stereocenters. The molecule has 0 spiro atoms. The maximum Gasteiger partial charge on any atom is 0.261 e. The van der Waals surface area contributed by atoms with Crippen LogP contribution in [-0.2, 0) is 9.05 Å². The summed E-state index contributed by atoms with van der Waals surface area (Å²) in [6.07, 6.45) is 0. The highest BCUT2D eigenvalue weighted by molar-refractivity contribution is 8.13. The predicted octanol–water partition coefficient (Wildman–Crippen LogP) is 3.35. The summed E-state index contributed by atoms with van der Waals surface area (Å²) in [7, 11) is 1.40. The van der Waals surface area contributed by atoms with Gasteiger partial charge < -0.3 is 5.32 Å². The number of halogens is 2. The number of carbonyl (C=O) groups is 1. The van der Waals surface area contributed by atoms with E-state index in [1.165, 1.54) is 19.1 Å². The van der Waals surface area contributed by atoms with Gasteiger partial charge in [0.25, 0.3) is 15.0 Å². The monoisotopic (exact) mass is 337 g/mol. The largest absolute Gasteiger partial charge is 0.349 e. The van der Waals surface area contributed by atoms with E-state index in [2.05, 4.69) is 5.32 Å². The molecule has 0 saturated carbocycles. The number of rotatable bonds is 4. The molecule has 0 radical (unpaired) electrons. The fourth-order valence-corrected chi connectivity index (χ4v) is 2.99. The molecule has 0 fully saturated rings. The molecule has 0 heterocycles. The Bertz CT molecular complexity index is 627. The summed E-state index contributed by atoms with van der Waals surface area (Å²) in [5.41, 5.74) is 0.502. The van der Waals surface area contributed by atoms with E-state index < -0.39 is 9.05 Å². The fourth-order valence-electron chi connectivity index (χ4n) is 1.49. The molecule has 1 N–H and O–H groups in total. The first-order valence-electron chi connectivity index (χ1n) is 6.09. The van der Waals surface area contributed by atoms with Crippen molar-refractivity contribution in [2.75, 3.05) is 0 Å². The molecule has 1 unspecified atom stereocenters. The van der Waals surface area contributed by atoms with Crippen LogP contribution in [0.25, 0.3) is 0 Å². The van der Waals surface area contributed by atoms with Crippen LogP contribution in [0.5, 0.6) is 0 Å². The van der Waals surface area contributed by atoms with Crippen molar-refractivity contribution in [3.05, 3.63) is 28.3 Å². The number of carbonyl (C=O) groups excluding carboxylic acids is 1. The zero-order valence-corrected chi connectivity index (χ0v) is 14.0. The van der Waals surface area contributed by atoms with E-state index in [0.29, 0.717) is 5.56 Å². The Morgan fingerprint density at radius 2 is 1.80 bits per heavy atom. The highest BCUT2D eigenvalue weighted by Gasteiger charge is 2.20. The summed E-state index contributed by atoms with van der Waals surface area (Å²) >= 11 is 5.97. The molecule has 1 amide bonds. The average molecular weight is 338 g/mol. The standard InChI is InChI=1S/C13H17Cl2NO3S/c1-7(2)9(4)16-13(17)10-5-11(14)8(3)12(6-10)20(15,18)19/h5-7,9H,1-4H3,(H,16,17). The Kier molecular flexibility index (Phi) is 5.46. The molecule has 112 valence electrons. The first-order valence-corrected chi connectivity index (χ1v) is 8.78. The summed E-state index contributed by atoms with van der Waals surface area (Å²) in [5, 5.41) is 2.97. The van der Waals surface area contributed by atoms with Crippen LogP contribution in [0.15, 0.2) is 17.0 Å². The van der Waals surface area contributed by atoms with Gasteiger partial charge in [0.2, 0.25) is 0 Å². The van der Waals surface area contributed by atoms with Crippen LogP contribution in [0.1, 0.15) is 36.7 Å². The molecule has 1 aromatic carbocycles. The molecule has 1 aromatic rings. The fraction of sp³-hybridized carbons (Fsp3) is 0.462. The molecule has 7 heteroatoms. The van der Waals surface area contributed by atoms with E-state index in [-0.39, 0.29) is 33.3 Å². The summed E-state index contributed by atoms with van der Waals surface area (Å²) in [5.74, 6) is -0.120. The van der Waals surface area contributed by atoms with Crippen LogP contribution in [0.3, 0.4) is 0 Å². The third-order valence-electron chi connectivity index (χ3n) is 3.18. The topological polar surface area (TPSA) is 63.2 Å². The van der Waals surface area contributed by atoms with Gasteiger partial charge in [0.15, 0.2) is 0 Å². The molecule has 0 aromatic heterocycles. The van der Waals surface area contributed by atoms with Crippen LogP contribution in [0, 0.1) is 12.8 Å². The zero-order chi connectivity index (χ0) is 15.7. The van der Waals surface area contributed by atoms with E-state index in [1.807, 2.05) is 20.8 Å². The Labute approximate surface area is 128 Å². The Morgan fingerprint density at radius 1 is 1.25 bits per heavy atom. The third-order valence-corrected chi connectivity index (χ3v) is 5.02. The van der Waals surface area contributed by atoms with Gasteiger partial charge in [-0.3, -0.25) is 4.79 Å². The Morgan fingerprint density at radius 3 is 2.25 bits per heavy atom. The second-order valence-corrected chi connectivity index (χ2v) is 7.97. The van der Waals surface area contributed by atoms with Gasteiger partial charge in [0, 0.05) is 27.3 Å². The Balaban J connectivity index is 3.21. The van der Waals surface area contributed by atoms with Crippen molar-refractivity contribution < 1.29 is 13.2 Å². The lowest BCUT2D eigenvalue weighted by molar-refractivity contribution is 0.0930. The summed E-state index contributed by atoms with van der Waals surface area (Å²) in [6.45, 7) is 7.36. The van der Waals surface area contributed by atoms with Crippen molar-refractivity contribution in [3.63, 3.8) is 0 Å². The van der Waals surface area contributed by atoms with Crippen LogP contribution in [0.2, 0.25) is 5.02 Å². The summed E-state index contributed by atoms with van der Waals surface area (Å²) < 4.78 is 23.0. The smallest absolute Gasteiger partial charge is 0.261 e. The molecule has 0 aliphatic heterocycles. The van der Waals surface area contributed by atoms with Crippen molar-refractivity contribution in [3.8, 4) is 0 Å². The molecule has 20 heavy (non-hydrogen) atoms. The number of hydrogen-bond acceptors (Lipinski definition) is 3. The molecule has 0 aliphatic carbocycles. The SMILES string of the molecule is Cc1c(Cl)cc(C(=O)NC(C)C(C)C)cc1S(=O)(=O)Cl. The van der Waals surface area contributed by atoms with E-state index in [4.69, 9.17) is 22.3 Å². The molecular formula is C13H17Cl2NO3S. The minimum atomic E-state index is -3.95. The van der Waals surface area contributed by atoms with Gasteiger partial charge in [-0.05, 0) is 37.5 Å². The highest BCUT2D eigenvalue weighted by atomic mass is 35.7. The van der Waals surface area contributed by atoms with Gasteiger partial charge in [-0.2, -0.15) is 0 Å². The van der Waals surface area contributed by atoms with E-state index >= 15 is 0 Å². The van der Waals surface area contributed by atoms with Gasteiger partial charge in [0.05, 0.1) is 4.90 Å². The van der Waals surface area contributed by atoms with Gasteiger partial charge >= 0.3 is 0 Å². The quantitative estimate of drug-likeness (QED) is 0.857. The van der Waals surface area contributed by atoms with Crippen LogP contribution < -0.4 is 5.32 Å². The van der Waals surface area contributed by atoms with Gasteiger partial charge in [-0.1, -0.05) is 25.4 Å². The van der Waals surface area contributed by atoms with Crippen LogP contribution >= 0.6 is 22.3 Å². The molecule has 0 bridgehead atoms. The first-order chi connectivity index (χ1) is 9.04.